The number of aromatic amines is 2. The van der Waals surface area contributed by atoms with Gasteiger partial charge in [-0.25, -0.2) is 9.97 Å². The second-order valence-corrected chi connectivity index (χ2v) is 13.4. The number of allylic oxidation sites excluding steroid dienone is 1. The first-order valence-corrected chi connectivity index (χ1v) is 18.4. The summed E-state index contributed by atoms with van der Waals surface area (Å²) >= 11 is 0. The van der Waals surface area contributed by atoms with Crippen LogP contribution in [0.5, 0.6) is 0 Å². The summed E-state index contributed by atoms with van der Waals surface area (Å²) in [6, 6.07) is 29.5. The fourth-order valence-electron chi connectivity index (χ4n) is 7.28. The number of hydrogen-bond donors (Lipinski definition) is 2. The Morgan fingerprint density at radius 1 is 0.444 bits per heavy atom. The summed E-state index contributed by atoms with van der Waals surface area (Å²) in [5.74, 6) is 0. The van der Waals surface area contributed by atoms with Gasteiger partial charge < -0.3 is 9.97 Å². The zero-order valence-electron chi connectivity index (χ0n) is 29.9. The minimum atomic E-state index is 0.852. The van der Waals surface area contributed by atoms with E-state index in [4.69, 9.17) is 9.97 Å². The van der Waals surface area contributed by atoms with Gasteiger partial charge in [-0.15, -0.1) is 0 Å². The first-order chi connectivity index (χ1) is 26.7. The predicted molar refractivity (Wildman–Crippen MR) is 223 cm³/mol. The number of fused-ring (bicyclic) bond motifs is 8. The molecule has 54 heavy (non-hydrogen) atoms. The quantitative estimate of drug-likeness (QED) is 0.154. The Labute approximate surface area is 313 Å². The summed E-state index contributed by atoms with van der Waals surface area (Å²) in [5.41, 5.74) is 16.5. The zero-order chi connectivity index (χ0) is 36.3. The van der Waals surface area contributed by atoms with Crippen LogP contribution >= 0.6 is 0 Å². The van der Waals surface area contributed by atoms with E-state index in [0.29, 0.717) is 0 Å². The van der Waals surface area contributed by atoms with Gasteiger partial charge in [0.15, 0.2) is 0 Å². The minimum Gasteiger partial charge on any atom is -0.354 e. The highest BCUT2D eigenvalue weighted by molar-refractivity contribution is 5.99. The Bertz CT molecular complexity index is 2680. The average molecular weight is 700 g/mol. The summed E-state index contributed by atoms with van der Waals surface area (Å²) in [6.45, 7) is 2.22. The van der Waals surface area contributed by atoms with Crippen molar-refractivity contribution in [3.05, 3.63) is 157 Å². The van der Waals surface area contributed by atoms with Crippen molar-refractivity contribution in [3.8, 4) is 44.5 Å². The van der Waals surface area contributed by atoms with Gasteiger partial charge in [-0.3, -0.25) is 15.0 Å². The molecule has 0 fully saturated rings. The molecule has 0 atom stereocenters. The molecule has 8 heterocycles. The van der Waals surface area contributed by atoms with Crippen LogP contribution < -0.4 is 0 Å². The number of rotatable bonds is 8. The maximum absolute atomic E-state index is 5.39. The van der Waals surface area contributed by atoms with Gasteiger partial charge in [-0.1, -0.05) is 56.2 Å². The second-order valence-electron chi connectivity index (χ2n) is 13.4. The first-order valence-electron chi connectivity index (χ1n) is 18.4. The van der Waals surface area contributed by atoms with Crippen molar-refractivity contribution < 1.29 is 0 Å². The SMILES string of the molecule is CCCC/C=C/c1ccc(-c2c3nc(c(-c4ccncc4)c4ccc([nH]4)c(-c4ccncc4)c4nc(c(-c5ccncc5)c5ccc2[nH]5)C=C4)C=C3)cc1. The molecule has 0 unspecified atom stereocenters. The van der Waals surface area contributed by atoms with Crippen molar-refractivity contribution in [3.63, 3.8) is 0 Å². The van der Waals surface area contributed by atoms with E-state index in [1.807, 2.05) is 73.6 Å². The number of benzene rings is 1. The highest BCUT2D eigenvalue weighted by atomic mass is 14.8. The molecule has 6 aromatic heterocycles. The molecule has 2 aliphatic rings. The molecule has 1 aromatic carbocycles. The number of hydrogen-bond acceptors (Lipinski definition) is 5. The lowest BCUT2D eigenvalue weighted by Gasteiger charge is -2.07. The van der Waals surface area contributed by atoms with E-state index < -0.39 is 0 Å². The third-order valence-electron chi connectivity index (χ3n) is 9.89. The van der Waals surface area contributed by atoms with Crippen LogP contribution in [0.3, 0.4) is 0 Å². The van der Waals surface area contributed by atoms with Crippen LogP contribution in [0.25, 0.3) is 97.0 Å². The van der Waals surface area contributed by atoms with Gasteiger partial charge in [0.05, 0.1) is 22.8 Å². The Hall–Kier alpha value is -6.99. The Morgan fingerprint density at radius 3 is 1.15 bits per heavy atom. The van der Waals surface area contributed by atoms with Crippen LogP contribution in [0.4, 0.5) is 0 Å². The van der Waals surface area contributed by atoms with Crippen LogP contribution in [0.2, 0.25) is 0 Å². The summed E-state index contributed by atoms with van der Waals surface area (Å²) in [4.78, 5) is 31.3. The van der Waals surface area contributed by atoms with Crippen LogP contribution in [0.15, 0.2) is 128 Å². The van der Waals surface area contributed by atoms with E-state index >= 15 is 0 Å². The fraction of sp³-hybridized carbons (Fsp3) is 0.0851. The third kappa shape index (κ3) is 6.37. The molecule has 8 bridgehead atoms. The summed E-state index contributed by atoms with van der Waals surface area (Å²) in [6.07, 6.45) is 27.3. The van der Waals surface area contributed by atoms with Crippen molar-refractivity contribution >= 4 is 52.4 Å². The van der Waals surface area contributed by atoms with Gasteiger partial charge in [0.2, 0.25) is 0 Å². The van der Waals surface area contributed by atoms with Crippen molar-refractivity contribution in [1.29, 1.82) is 0 Å². The van der Waals surface area contributed by atoms with E-state index in [9.17, 15) is 0 Å². The number of aromatic nitrogens is 7. The molecule has 0 amide bonds. The maximum Gasteiger partial charge on any atom is 0.0737 e. The second kappa shape index (κ2) is 14.6. The van der Waals surface area contributed by atoms with Crippen molar-refractivity contribution in [2.75, 3.05) is 0 Å². The largest absolute Gasteiger partial charge is 0.354 e. The normalized spacial score (nSPS) is 12.2. The van der Waals surface area contributed by atoms with Gasteiger partial charge in [-0.2, -0.15) is 0 Å². The van der Waals surface area contributed by atoms with Crippen molar-refractivity contribution in [2.45, 2.75) is 26.2 Å². The lowest BCUT2D eigenvalue weighted by Crippen LogP contribution is -1.90. The topological polar surface area (TPSA) is 96.0 Å². The van der Waals surface area contributed by atoms with E-state index in [-0.39, 0.29) is 0 Å². The van der Waals surface area contributed by atoms with Gasteiger partial charge >= 0.3 is 0 Å². The molecule has 2 aliphatic heterocycles. The molecule has 0 radical (unpaired) electrons. The fourth-order valence-corrected chi connectivity index (χ4v) is 7.28. The molecule has 9 rings (SSSR count). The van der Waals surface area contributed by atoms with Crippen LogP contribution in [-0.2, 0) is 0 Å². The number of nitrogens with zero attached hydrogens (tertiary/aromatic N) is 5. The lowest BCUT2D eigenvalue weighted by molar-refractivity contribution is 0.816. The monoisotopic (exact) mass is 699 g/mol. The minimum absolute atomic E-state index is 0.852. The van der Waals surface area contributed by atoms with E-state index in [0.717, 1.165) is 95.8 Å². The van der Waals surface area contributed by atoms with Gasteiger partial charge in [0.1, 0.15) is 0 Å². The average Bonchev–Trinajstić information content (AvgIpc) is 4.06. The number of H-pyrrole nitrogens is 2. The molecule has 7 heteroatoms. The Kier molecular flexibility index (Phi) is 8.87. The summed E-state index contributed by atoms with van der Waals surface area (Å²) in [7, 11) is 0. The number of unbranched alkanes of at least 4 members (excludes halogenated alkanes) is 2. The van der Waals surface area contributed by atoms with Gasteiger partial charge in [-0.05, 0) is 119 Å². The first kappa shape index (κ1) is 32.9. The summed E-state index contributed by atoms with van der Waals surface area (Å²) < 4.78 is 0. The molecular weight excluding hydrogens is 663 g/mol. The molecule has 2 N–H and O–H groups in total. The molecular formula is C47H37N7. The van der Waals surface area contributed by atoms with E-state index in [1.165, 1.54) is 18.4 Å². The highest BCUT2D eigenvalue weighted by Gasteiger charge is 2.19. The molecule has 7 aromatic rings. The number of pyridine rings is 3. The number of nitrogens with one attached hydrogen (secondary N) is 2. The molecule has 260 valence electrons. The smallest absolute Gasteiger partial charge is 0.0737 e. The van der Waals surface area contributed by atoms with E-state index in [2.05, 4.69) is 117 Å². The van der Waals surface area contributed by atoms with Crippen LogP contribution in [0, 0.1) is 0 Å². The molecule has 0 aliphatic carbocycles. The van der Waals surface area contributed by atoms with Gasteiger partial charge in [0, 0.05) is 81.5 Å². The lowest BCUT2D eigenvalue weighted by atomic mass is 10.0. The molecule has 0 saturated heterocycles. The molecule has 0 saturated carbocycles. The maximum atomic E-state index is 5.39. The summed E-state index contributed by atoms with van der Waals surface area (Å²) in [5, 5.41) is 0. The van der Waals surface area contributed by atoms with Crippen LogP contribution in [0.1, 0.15) is 54.5 Å². The molecule has 0 spiro atoms. The van der Waals surface area contributed by atoms with Crippen LogP contribution in [-0.4, -0.2) is 34.9 Å². The Balaban J connectivity index is 1.39. The van der Waals surface area contributed by atoms with Gasteiger partial charge in [0.25, 0.3) is 0 Å². The van der Waals surface area contributed by atoms with E-state index in [1.54, 1.807) is 0 Å². The van der Waals surface area contributed by atoms with Crippen molar-refractivity contribution in [2.24, 2.45) is 0 Å². The zero-order valence-corrected chi connectivity index (χ0v) is 29.9. The third-order valence-corrected chi connectivity index (χ3v) is 9.89. The Morgan fingerprint density at radius 2 is 0.796 bits per heavy atom. The predicted octanol–water partition coefficient (Wildman–Crippen LogP) is 11.7. The highest BCUT2D eigenvalue weighted by Crippen LogP contribution is 2.38. The standard InChI is InChI=1S/C47H37N7/c1-2-3-4-5-6-31-7-9-32(10-8-31)44-36-11-13-38(51-36)45(33-19-25-48-26-20-33)40-15-17-42(53-40)47(35-23-29-50-30-24-35)43-18-16-41(54-43)46(34-21-27-49-28-22-34)39-14-12-37(44)52-39/h5-30,51,54H,2-4H2,1H3/b6-5+,44-36?,44-37?,45-38?,45-40?,46-39?,46-41?,47-42?,47-43?. The molecule has 7 nitrogen and oxygen atoms in total. The van der Waals surface area contributed by atoms with Crippen molar-refractivity contribution in [1.82, 2.24) is 34.9 Å².